The second-order valence-corrected chi connectivity index (χ2v) is 11.8. The number of aryl methyl sites for hydroxylation is 1. The molecule has 4 amide bonds. The molecule has 1 aliphatic rings. The van der Waals surface area contributed by atoms with E-state index in [4.69, 9.17) is 4.52 Å². The van der Waals surface area contributed by atoms with E-state index in [1.165, 1.54) is 0 Å². The van der Waals surface area contributed by atoms with Gasteiger partial charge in [-0.1, -0.05) is 45.8 Å². The number of aromatic amines is 1. The lowest BCUT2D eigenvalue weighted by molar-refractivity contribution is -0.123. The van der Waals surface area contributed by atoms with Crippen molar-refractivity contribution in [1.82, 2.24) is 20.4 Å². The largest absolute Gasteiger partial charge is 0.359 e. The highest BCUT2D eigenvalue weighted by molar-refractivity contribution is 6.35. The van der Waals surface area contributed by atoms with Crippen LogP contribution in [0.1, 0.15) is 79.7 Å². The van der Waals surface area contributed by atoms with Crippen LogP contribution in [0.15, 0.2) is 28.8 Å². The number of rotatable bonds is 11. The summed E-state index contributed by atoms with van der Waals surface area (Å²) >= 11 is 0. The average molecular weight is 604 g/mol. The Labute approximate surface area is 257 Å². The summed E-state index contributed by atoms with van der Waals surface area (Å²) < 4.78 is 5.25. The van der Waals surface area contributed by atoms with Crippen molar-refractivity contribution in [3.63, 3.8) is 0 Å². The van der Waals surface area contributed by atoms with Gasteiger partial charge in [0, 0.05) is 47.2 Å². The van der Waals surface area contributed by atoms with Crippen molar-refractivity contribution in [3.05, 3.63) is 58.1 Å². The molecule has 3 heterocycles. The van der Waals surface area contributed by atoms with E-state index in [9.17, 15) is 19.2 Å². The van der Waals surface area contributed by atoms with Gasteiger partial charge in [0.1, 0.15) is 12.2 Å². The SMILES string of the molecule is CCN(CC)CCNC(=O)c1c(C)[nH]c(/C=C2\C(=O)Nc3cc(NC(=O)CC(=O)Nc4cc(C(C)(C)C)on4)ccc32)c1C. The molecule has 0 unspecified atom stereocenters. The molecule has 0 bridgehead atoms. The molecule has 0 atom stereocenters. The summed E-state index contributed by atoms with van der Waals surface area (Å²) in [5, 5.41) is 14.9. The topological polar surface area (TPSA) is 161 Å². The first-order valence-corrected chi connectivity index (χ1v) is 14.7. The lowest BCUT2D eigenvalue weighted by Crippen LogP contribution is -2.35. The average Bonchev–Trinajstić information content (AvgIpc) is 3.62. The number of nitrogens with one attached hydrogen (secondary N) is 5. The van der Waals surface area contributed by atoms with Crippen LogP contribution in [0.4, 0.5) is 17.2 Å². The number of hydrogen-bond acceptors (Lipinski definition) is 7. The number of nitrogens with zero attached hydrogens (tertiary/aromatic N) is 2. The molecular weight excluding hydrogens is 562 g/mol. The minimum Gasteiger partial charge on any atom is -0.359 e. The molecule has 4 rings (SSSR count). The Kier molecular flexibility index (Phi) is 9.73. The predicted octanol–water partition coefficient (Wildman–Crippen LogP) is 4.45. The second kappa shape index (κ2) is 13.3. The van der Waals surface area contributed by atoms with Crippen LogP contribution in [0.5, 0.6) is 0 Å². The smallest absolute Gasteiger partial charge is 0.256 e. The number of amides is 4. The predicted molar refractivity (Wildman–Crippen MR) is 170 cm³/mol. The van der Waals surface area contributed by atoms with Gasteiger partial charge in [-0.15, -0.1) is 0 Å². The van der Waals surface area contributed by atoms with E-state index < -0.39 is 18.2 Å². The molecule has 234 valence electrons. The highest BCUT2D eigenvalue weighted by Crippen LogP contribution is 2.36. The summed E-state index contributed by atoms with van der Waals surface area (Å²) in [6.45, 7) is 16.9. The molecule has 0 fully saturated rings. The number of anilines is 3. The Morgan fingerprint density at radius 1 is 1.05 bits per heavy atom. The van der Waals surface area contributed by atoms with Gasteiger partial charge < -0.3 is 35.7 Å². The minimum absolute atomic E-state index is 0.158. The molecule has 12 heteroatoms. The molecular formula is C32H41N7O5. The lowest BCUT2D eigenvalue weighted by Gasteiger charge is -2.18. The van der Waals surface area contributed by atoms with Gasteiger partial charge in [0.2, 0.25) is 11.8 Å². The zero-order valence-electron chi connectivity index (χ0n) is 26.4. The van der Waals surface area contributed by atoms with Gasteiger partial charge in [0.25, 0.3) is 11.8 Å². The van der Waals surface area contributed by atoms with E-state index in [2.05, 4.69) is 50.2 Å². The normalized spacial score (nSPS) is 13.6. The molecule has 0 spiro atoms. The Balaban J connectivity index is 1.41. The van der Waals surface area contributed by atoms with Crippen molar-refractivity contribution >= 4 is 52.5 Å². The van der Waals surface area contributed by atoms with E-state index in [1.807, 2.05) is 34.6 Å². The standard InChI is InChI=1S/C32H41N7O5/c1-8-39(9-2)13-12-33-31(43)29-18(3)23(34-19(29)4)15-22-21-11-10-20(14-24(21)36-30(22)42)35-27(40)17-28(41)37-26-16-25(44-38-26)32(5,6)7/h10-11,14-16,34H,8-9,12-13,17H2,1-7H3,(H,33,43)(H,35,40)(H,36,42)(H,37,38,41)/b22-15-. The molecule has 0 saturated heterocycles. The van der Waals surface area contributed by atoms with Gasteiger partial charge in [0.15, 0.2) is 5.82 Å². The summed E-state index contributed by atoms with van der Waals surface area (Å²) in [5.41, 5.74) is 4.46. The van der Waals surface area contributed by atoms with Crippen LogP contribution in [0.25, 0.3) is 11.6 Å². The molecule has 12 nitrogen and oxygen atoms in total. The highest BCUT2D eigenvalue weighted by atomic mass is 16.5. The van der Waals surface area contributed by atoms with E-state index in [0.29, 0.717) is 51.8 Å². The fraction of sp³-hybridized carbons (Fsp3) is 0.406. The molecule has 5 N–H and O–H groups in total. The van der Waals surface area contributed by atoms with Crippen molar-refractivity contribution in [2.24, 2.45) is 0 Å². The van der Waals surface area contributed by atoms with Gasteiger partial charge in [-0.05, 0) is 50.7 Å². The monoisotopic (exact) mass is 603 g/mol. The zero-order valence-corrected chi connectivity index (χ0v) is 26.4. The number of likely N-dealkylation sites (N-methyl/N-ethyl adjacent to an activating group) is 1. The number of hydrogen-bond donors (Lipinski definition) is 5. The Bertz CT molecular complexity index is 1600. The lowest BCUT2D eigenvalue weighted by atomic mass is 9.93. The van der Waals surface area contributed by atoms with Gasteiger partial charge in [-0.25, -0.2) is 0 Å². The summed E-state index contributed by atoms with van der Waals surface area (Å²) in [7, 11) is 0. The van der Waals surface area contributed by atoms with Crippen LogP contribution in [-0.4, -0.2) is 64.8 Å². The van der Waals surface area contributed by atoms with Gasteiger partial charge in [-0.2, -0.15) is 0 Å². The van der Waals surface area contributed by atoms with Gasteiger partial charge in [-0.3, -0.25) is 19.2 Å². The van der Waals surface area contributed by atoms with Crippen LogP contribution in [0, 0.1) is 13.8 Å². The summed E-state index contributed by atoms with van der Waals surface area (Å²) in [6.07, 6.45) is 1.30. The molecule has 0 saturated carbocycles. The molecule has 2 aromatic heterocycles. The van der Waals surface area contributed by atoms with Crippen LogP contribution >= 0.6 is 0 Å². The third kappa shape index (κ3) is 7.43. The van der Waals surface area contributed by atoms with Crippen molar-refractivity contribution < 1.29 is 23.7 Å². The number of carbonyl (C=O) groups excluding carboxylic acids is 4. The first kappa shape index (κ1) is 32.2. The number of carbonyl (C=O) groups is 4. The maximum Gasteiger partial charge on any atom is 0.256 e. The van der Waals surface area contributed by atoms with Crippen LogP contribution in [-0.2, 0) is 19.8 Å². The quantitative estimate of drug-likeness (QED) is 0.160. The summed E-state index contributed by atoms with van der Waals surface area (Å²) in [6, 6.07) is 6.66. The fourth-order valence-electron chi connectivity index (χ4n) is 5.00. The number of aromatic nitrogens is 2. The Morgan fingerprint density at radius 3 is 2.41 bits per heavy atom. The molecule has 44 heavy (non-hydrogen) atoms. The maximum atomic E-state index is 13.0. The molecule has 0 aliphatic carbocycles. The van der Waals surface area contributed by atoms with Crippen LogP contribution < -0.4 is 21.3 Å². The van der Waals surface area contributed by atoms with E-state index in [0.717, 1.165) is 25.2 Å². The number of fused-ring (bicyclic) bond motifs is 1. The van der Waals surface area contributed by atoms with Gasteiger partial charge in [0.05, 0.1) is 16.8 Å². The molecule has 0 radical (unpaired) electrons. The molecule has 1 aromatic carbocycles. The van der Waals surface area contributed by atoms with Crippen molar-refractivity contribution in [1.29, 1.82) is 0 Å². The van der Waals surface area contributed by atoms with Crippen molar-refractivity contribution in [2.45, 2.75) is 60.3 Å². The first-order chi connectivity index (χ1) is 20.8. The van der Waals surface area contributed by atoms with Crippen LogP contribution in [0.3, 0.4) is 0 Å². The maximum absolute atomic E-state index is 13.0. The zero-order chi connectivity index (χ0) is 32.2. The number of benzene rings is 1. The Morgan fingerprint density at radius 2 is 1.75 bits per heavy atom. The minimum atomic E-state index is -0.538. The van der Waals surface area contributed by atoms with Crippen molar-refractivity contribution in [3.8, 4) is 0 Å². The Hall–Kier alpha value is -4.71. The van der Waals surface area contributed by atoms with E-state index in [1.54, 1.807) is 30.3 Å². The van der Waals surface area contributed by atoms with E-state index in [-0.39, 0.29) is 23.0 Å². The summed E-state index contributed by atoms with van der Waals surface area (Å²) in [5.74, 6) is -0.675. The molecule has 1 aliphatic heterocycles. The third-order valence-corrected chi connectivity index (χ3v) is 7.52. The van der Waals surface area contributed by atoms with Crippen molar-refractivity contribution in [2.75, 3.05) is 42.1 Å². The van der Waals surface area contributed by atoms with Gasteiger partial charge >= 0.3 is 0 Å². The molecule has 3 aromatic rings. The second-order valence-electron chi connectivity index (χ2n) is 11.8. The first-order valence-electron chi connectivity index (χ1n) is 14.7. The van der Waals surface area contributed by atoms with E-state index >= 15 is 0 Å². The summed E-state index contributed by atoms with van der Waals surface area (Å²) in [4.78, 5) is 56.3. The fourth-order valence-corrected chi connectivity index (χ4v) is 5.00. The highest BCUT2D eigenvalue weighted by Gasteiger charge is 2.27. The number of H-pyrrole nitrogens is 1. The third-order valence-electron chi connectivity index (χ3n) is 7.52. The van der Waals surface area contributed by atoms with Crippen LogP contribution in [0.2, 0.25) is 0 Å².